The maximum Gasteiger partial charge on any atom is 0.0701 e. The zero-order chi connectivity index (χ0) is 11.0. The first-order valence-corrected chi connectivity index (χ1v) is 7.13. The molecule has 0 aromatic carbocycles. The summed E-state index contributed by atoms with van der Waals surface area (Å²) < 4.78 is 1.14. The minimum absolute atomic E-state index is 0.0197. The Balaban J connectivity index is 2.35. The van der Waals surface area contributed by atoms with Crippen LogP contribution in [0.25, 0.3) is 0 Å². The summed E-state index contributed by atoms with van der Waals surface area (Å²) in [7, 11) is 0. The van der Waals surface area contributed by atoms with Gasteiger partial charge in [-0.05, 0) is 58.4 Å². The average molecular weight is 302 g/mol. The average Bonchev–Trinajstić information content (AvgIpc) is 2.71. The van der Waals surface area contributed by atoms with Gasteiger partial charge in [-0.15, -0.1) is 22.7 Å². The first-order valence-electron chi connectivity index (χ1n) is 4.64. The molecule has 15 heavy (non-hydrogen) atoms. The van der Waals surface area contributed by atoms with Gasteiger partial charge < -0.3 is 5.73 Å². The van der Waals surface area contributed by atoms with Crippen LogP contribution in [0.2, 0.25) is 0 Å². The Morgan fingerprint density at radius 2 is 2.07 bits per heavy atom. The molecule has 0 spiro atoms. The largest absolute Gasteiger partial charge is 0.320 e. The summed E-state index contributed by atoms with van der Waals surface area (Å²) in [5.41, 5.74) is 8.73. The molecule has 0 saturated heterocycles. The van der Waals surface area contributed by atoms with E-state index in [0.717, 1.165) is 3.79 Å². The zero-order valence-corrected chi connectivity index (χ0v) is 11.8. The van der Waals surface area contributed by atoms with E-state index in [2.05, 4.69) is 47.3 Å². The molecule has 2 aromatic heterocycles. The van der Waals surface area contributed by atoms with E-state index < -0.39 is 0 Å². The maximum atomic E-state index is 6.24. The van der Waals surface area contributed by atoms with Gasteiger partial charge in [-0.25, -0.2) is 0 Å². The second-order valence-electron chi connectivity index (χ2n) is 3.57. The van der Waals surface area contributed by atoms with Crippen LogP contribution in [0.4, 0.5) is 0 Å². The molecule has 1 atom stereocenters. The highest BCUT2D eigenvalue weighted by atomic mass is 79.9. The van der Waals surface area contributed by atoms with Gasteiger partial charge in [0.15, 0.2) is 0 Å². The molecule has 4 heteroatoms. The molecule has 80 valence electrons. The van der Waals surface area contributed by atoms with Crippen LogP contribution >= 0.6 is 38.6 Å². The second kappa shape index (κ2) is 4.37. The lowest BCUT2D eigenvalue weighted by atomic mass is 10.1. The van der Waals surface area contributed by atoms with Gasteiger partial charge in [0.2, 0.25) is 0 Å². The lowest BCUT2D eigenvalue weighted by molar-refractivity contribution is 0.890. The molecule has 0 radical (unpaired) electrons. The molecule has 0 saturated carbocycles. The number of aryl methyl sites for hydroxylation is 2. The third-order valence-electron chi connectivity index (χ3n) is 2.31. The molecule has 0 bridgehead atoms. The van der Waals surface area contributed by atoms with Crippen LogP contribution in [-0.4, -0.2) is 0 Å². The monoisotopic (exact) mass is 301 g/mol. The molecule has 2 N–H and O–H groups in total. The fourth-order valence-corrected chi connectivity index (χ4v) is 3.88. The normalized spacial score (nSPS) is 13.1. The van der Waals surface area contributed by atoms with E-state index in [1.54, 1.807) is 22.7 Å². The molecule has 2 aromatic rings. The Morgan fingerprint density at radius 1 is 1.33 bits per heavy atom. The summed E-state index contributed by atoms with van der Waals surface area (Å²) in [6, 6.07) is 4.32. The Bertz CT molecular complexity index is 473. The lowest BCUT2D eigenvalue weighted by Crippen LogP contribution is -2.10. The van der Waals surface area contributed by atoms with Crippen molar-refractivity contribution in [2.75, 3.05) is 0 Å². The van der Waals surface area contributed by atoms with Crippen LogP contribution in [0, 0.1) is 13.8 Å². The number of nitrogens with two attached hydrogens (primary N) is 1. The van der Waals surface area contributed by atoms with Gasteiger partial charge >= 0.3 is 0 Å². The van der Waals surface area contributed by atoms with Crippen molar-refractivity contribution in [3.63, 3.8) is 0 Å². The van der Waals surface area contributed by atoms with Gasteiger partial charge in [0.25, 0.3) is 0 Å². The van der Waals surface area contributed by atoms with E-state index >= 15 is 0 Å². The van der Waals surface area contributed by atoms with Crippen molar-refractivity contribution in [2.45, 2.75) is 19.9 Å². The highest BCUT2D eigenvalue weighted by Gasteiger charge is 2.15. The molecule has 0 fully saturated rings. The predicted octanol–water partition coefficient (Wildman–Crippen LogP) is 4.24. The molecule has 0 aliphatic carbocycles. The van der Waals surface area contributed by atoms with Crippen molar-refractivity contribution in [3.05, 3.63) is 42.2 Å². The summed E-state index contributed by atoms with van der Waals surface area (Å²) >= 11 is 6.94. The molecule has 2 heterocycles. The molecule has 1 unspecified atom stereocenters. The summed E-state index contributed by atoms with van der Waals surface area (Å²) in [4.78, 5) is 2.60. The molecular weight excluding hydrogens is 290 g/mol. The number of hydrogen-bond donors (Lipinski definition) is 1. The number of halogens is 1. The smallest absolute Gasteiger partial charge is 0.0701 e. The highest BCUT2D eigenvalue weighted by Crippen LogP contribution is 2.33. The van der Waals surface area contributed by atoms with Crippen molar-refractivity contribution in [1.29, 1.82) is 0 Å². The van der Waals surface area contributed by atoms with Gasteiger partial charge in [0.1, 0.15) is 0 Å². The number of hydrogen-bond acceptors (Lipinski definition) is 3. The van der Waals surface area contributed by atoms with E-state index in [4.69, 9.17) is 5.73 Å². The summed E-state index contributed by atoms with van der Waals surface area (Å²) in [5.74, 6) is 0. The molecule has 0 aliphatic heterocycles. The fourth-order valence-electron chi connectivity index (χ4n) is 1.61. The van der Waals surface area contributed by atoms with Crippen molar-refractivity contribution in [3.8, 4) is 0 Å². The van der Waals surface area contributed by atoms with Gasteiger partial charge in [-0.1, -0.05) is 0 Å². The summed E-state index contributed by atoms with van der Waals surface area (Å²) in [6.45, 7) is 4.25. The molecule has 0 aliphatic rings. The van der Waals surface area contributed by atoms with E-state index in [1.165, 1.54) is 20.9 Å². The fraction of sp³-hybridized carbons (Fsp3) is 0.273. The second-order valence-corrected chi connectivity index (χ2v) is 7.14. The Labute approximate surface area is 106 Å². The minimum Gasteiger partial charge on any atom is -0.320 e. The van der Waals surface area contributed by atoms with Crippen LogP contribution in [0.5, 0.6) is 0 Å². The summed E-state index contributed by atoms with van der Waals surface area (Å²) in [6.07, 6.45) is 0. The van der Waals surface area contributed by atoms with Crippen molar-refractivity contribution >= 4 is 38.6 Å². The van der Waals surface area contributed by atoms with Crippen LogP contribution < -0.4 is 5.73 Å². The van der Waals surface area contributed by atoms with E-state index in [9.17, 15) is 0 Å². The minimum atomic E-state index is 0.0197. The topological polar surface area (TPSA) is 26.0 Å². The van der Waals surface area contributed by atoms with E-state index in [0.29, 0.717) is 0 Å². The number of rotatable bonds is 2. The SMILES string of the molecule is Cc1cc(C)c(C(N)c2csc(Br)c2)s1. The van der Waals surface area contributed by atoms with E-state index in [-0.39, 0.29) is 6.04 Å². The van der Waals surface area contributed by atoms with Crippen LogP contribution in [0.1, 0.15) is 26.9 Å². The van der Waals surface area contributed by atoms with Gasteiger partial charge in [-0.3, -0.25) is 0 Å². The van der Waals surface area contributed by atoms with Crippen LogP contribution in [0.15, 0.2) is 21.3 Å². The van der Waals surface area contributed by atoms with Crippen molar-refractivity contribution in [1.82, 2.24) is 0 Å². The zero-order valence-electron chi connectivity index (χ0n) is 8.58. The van der Waals surface area contributed by atoms with Gasteiger partial charge in [0, 0.05) is 9.75 Å². The molecule has 0 amide bonds. The first kappa shape index (κ1) is 11.3. The van der Waals surface area contributed by atoms with Crippen molar-refractivity contribution < 1.29 is 0 Å². The Hall–Kier alpha value is -0.160. The van der Waals surface area contributed by atoms with Crippen LogP contribution in [0.3, 0.4) is 0 Å². The third kappa shape index (κ3) is 2.33. The highest BCUT2D eigenvalue weighted by molar-refractivity contribution is 9.11. The number of thiophene rings is 2. The quantitative estimate of drug-likeness (QED) is 0.882. The molecule has 1 nitrogen and oxygen atoms in total. The van der Waals surface area contributed by atoms with Gasteiger partial charge in [-0.2, -0.15) is 0 Å². The first-order chi connectivity index (χ1) is 7.08. The van der Waals surface area contributed by atoms with Gasteiger partial charge in [0.05, 0.1) is 9.83 Å². The van der Waals surface area contributed by atoms with Crippen molar-refractivity contribution in [2.24, 2.45) is 5.73 Å². The maximum absolute atomic E-state index is 6.24. The van der Waals surface area contributed by atoms with Crippen LogP contribution in [-0.2, 0) is 0 Å². The third-order valence-corrected chi connectivity index (χ3v) is 5.07. The molecule has 2 rings (SSSR count). The lowest BCUT2D eigenvalue weighted by Gasteiger charge is -2.08. The molecular formula is C11H12BrNS2. The summed E-state index contributed by atoms with van der Waals surface area (Å²) in [5, 5.41) is 2.11. The predicted molar refractivity (Wildman–Crippen MR) is 71.8 cm³/mol. The standard InChI is InChI=1S/C11H12BrNS2/c1-6-3-7(2)15-11(6)10(13)8-4-9(12)14-5-8/h3-5,10H,13H2,1-2H3. The Morgan fingerprint density at radius 3 is 2.53 bits per heavy atom. The van der Waals surface area contributed by atoms with E-state index in [1.807, 2.05) is 0 Å². The Kier molecular flexibility index (Phi) is 3.30.